The van der Waals surface area contributed by atoms with Crippen LogP contribution in [0.4, 0.5) is 0 Å². The van der Waals surface area contributed by atoms with Crippen LogP contribution < -0.4 is 9.47 Å². The van der Waals surface area contributed by atoms with E-state index in [1.165, 1.54) is 13.3 Å². The topological polar surface area (TPSA) is 72.5 Å². The number of allylic oxidation sites excluding steroid dienone is 1. The molecule has 7 nitrogen and oxygen atoms in total. The number of fused-ring (bicyclic) bond motifs is 2. The number of carbonyl (C=O) groups is 1. The number of ketones is 1. The van der Waals surface area contributed by atoms with Crippen molar-refractivity contribution in [2.75, 3.05) is 35.5 Å². The maximum absolute atomic E-state index is 15.6. The first-order valence-electron chi connectivity index (χ1n) is 19.6. The van der Waals surface area contributed by atoms with Crippen LogP contribution in [0, 0.1) is 11.8 Å². The Hall–Kier alpha value is -1.07. The normalized spacial score (nSPS) is 22.5. The molecule has 9 heteroatoms. The molecule has 3 rings (SSSR count). The van der Waals surface area contributed by atoms with Crippen molar-refractivity contribution in [2.45, 2.75) is 155 Å². The molecule has 0 amide bonds. The molecule has 1 saturated carbocycles. The zero-order chi connectivity index (χ0) is 37.4. The molecular formula is C41H72O7SiSn. The van der Waals surface area contributed by atoms with Crippen molar-refractivity contribution in [1.29, 1.82) is 0 Å². The molecule has 2 aliphatic carbocycles. The molecule has 2 bridgehead atoms. The van der Waals surface area contributed by atoms with Crippen LogP contribution in [-0.2, 0) is 23.4 Å². The predicted octanol–water partition coefficient (Wildman–Crippen LogP) is 10.8. The Morgan fingerprint density at radius 1 is 0.760 bits per heavy atom. The van der Waals surface area contributed by atoms with E-state index in [-0.39, 0.29) is 23.7 Å². The van der Waals surface area contributed by atoms with Crippen molar-refractivity contribution in [1.82, 2.24) is 0 Å². The number of carbonyl (C=O) groups excluding carboxylic acids is 1. The summed E-state index contributed by atoms with van der Waals surface area (Å²) in [6.45, 7) is 20.8. The SMILES string of the molecule is CCC[CH2][Sn]([CH2]CCC)([CH2]CCC)[C]1=C(OC)[C@@H]2[C@H](c3ccc(OC)c(OC)c3)[C@@H](O[Si](C(C)C)(C(C)C)C(C)C)C[C@@H](C1=O)C2(OC)OC. The van der Waals surface area contributed by atoms with Crippen LogP contribution in [0.2, 0.25) is 29.9 Å². The quantitative estimate of drug-likeness (QED) is 0.0903. The Morgan fingerprint density at radius 3 is 1.66 bits per heavy atom. The zero-order valence-electron chi connectivity index (χ0n) is 34.2. The van der Waals surface area contributed by atoms with Gasteiger partial charge in [0.25, 0.3) is 0 Å². The van der Waals surface area contributed by atoms with Gasteiger partial charge in [0.15, 0.2) is 0 Å². The molecule has 0 aromatic heterocycles. The van der Waals surface area contributed by atoms with Crippen molar-refractivity contribution in [3.8, 4) is 11.5 Å². The van der Waals surface area contributed by atoms with Gasteiger partial charge in [0.2, 0.25) is 0 Å². The van der Waals surface area contributed by atoms with Gasteiger partial charge in [0.1, 0.15) is 0 Å². The molecule has 0 aliphatic heterocycles. The summed E-state index contributed by atoms with van der Waals surface area (Å²) < 4.78 is 43.8. The van der Waals surface area contributed by atoms with Crippen LogP contribution in [0.3, 0.4) is 0 Å². The van der Waals surface area contributed by atoms with Crippen LogP contribution >= 0.6 is 0 Å². The van der Waals surface area contributed by atoms with E-state index in [1.807, 2.05) is 6.07 Å². The second-order valence-electron chi connectivity index (χ2n) is 15.9. The Morgan fingerprint density at radius 2 is 1.26 bits per heavy atom. The second kappa shape index (κ2) is 18.8. The van der Waals surface area contributed by atoms with Crippen LogP contribution in [0.15, 0.2) is 27.5 Å². The van der Waals surface area contributed by atoms with E-state index in [0.29, 0.717) is 34.5 Å². The van der Waals surface area contributed by atoms with E-state index in [1.54, 1.807) is 35.5 Å². The Kier molecular flexibility index (Phi) is 16.3. The molecule has 0 N–H and O–H groups in total. The summed E-state index contributed by atoms with van der Waals surface area (Å²) in [4.78, 5) is 15.6. The molecule has 2 aliphatic rings. The number of hydrogen-bond acceptors (Lipinski definition) is 7. The number of benzene rings is 1. The monoisotopic (exact) mass is 824 g/mol. The molecule has 286 valence electrons. The number of rotatable bonds is 21. The number of unbranched alkanes of at least 4 members (excludes halogenated alkanes) is 3. The van der Waals surface area contributed by atoms with Crippen molar-refractivity contribution in [3.05, 3.63) is 33.1 Å². The zero-order valence-corrected chi connectivity index (χ0v) is 38.1. The average molecular weight is 824 g/mol. The van der Waals surface area contributed by atoms with Crippen LogP contribution in [0.1, 0.15) is 119 Å². The average Bonchev–Trinajstić information content (AvgIpc) is 3.10. The molecule has 0 saturated heterocycles. The molecule has 1 fully saturated rings. The van der Waals surface area contributed by atoms with Crippen molar-refractivity contribution < 1.29 is 32.9 Å². The molecule has 1 aromatic carbocycles. The first-order chi connectivity index (χ1) is 23.8. The first-order valence-corrected chi connectivity index (χ1v) is 29.3. The van der Waals surface area contributed by atoms with Crippen LogP contribution in [0.5, 0.6) is 11.5 Å². The van der Waals surface area contributed by atoms with Gasteiger partial charge in [-0.15, -0.1) is 0 Å². The van der Waals surface area contributed by atoms with E-state index in [2.05, 4.69) is 74.4 Å². The Balaban J connectivity index is 2.53. The van der Waals surface area contributed by atoms with Gasteiger partial charge < -0.3 is 0 Å². The van der Waals surface area contributed by atoms with Gasteiger partial charge in [0.05, 0.1) is 0 Å². The minimum absolute atomic E-state index is 0.209. The molecule has 0 unspecified atom stereocenters. The standard InChI is InChI=1S/C29H45O7Si.3C4H9.Sn/c1-17(2)37(18(3)4,19(5)6)36-25-15-21-22(30)16-26(33-9)28(29(21,34-10)35-11)27(25)20-12-13-23(31-7)24(14-20)32-8;3*1-3-4-2;/h12-14,17-19,21,25,27-28H,15H2,1-11H3;3*1,3-4H2,2H3;/t21-,25-,27+,28+;;;;/m0..../s1. The number of Topliss-reactive ketones (excluding diaryl/α,β-unsaturated/α-hetero) is 1. The predicted molar refractivity (Wildman–Crippen MR) is 210 cm³/mol. The van der Waals surface area contributed by atoms with Gasteiger partial charge in [-0.2, -0.15) is 0 Å². The number of ether oxygens (including phenoxy) is 5. The molecule has 0 radical (unpaired) electrons. The van der Waals surface area contributed by atoms with E-state index in [9.17, 15) is 0 Å². The third kappa shape index (κ3) is 7.90. The van der Waals surface area contributed by atoms with Gasteiger partial charge in [0, 0.05) is 0 Å². The van der Waals surface area contributed by atoms with Crippen molar-refractivity contribution >= 4 is 32.5 Å². The molecule has 0 heterocycles. The summed E-state index contributed by atoms with van der Waals surface area (Å²) in [7, 11) is 6.15. The molecule has 4 atom stereocenters. The second-order valence-corrected chi connectivity index (χ2v) is 34.3. The van der Waals surface area contributed by atoms with E-state index in [4.69, 9.17) is 28.1 Å². The van der Waals surface area contributed by atoms with Crippen molar-refractivity contribution in [3.63, 3.8) is 0 Å². The Labute approximate surface area is 310 Å². The molecular weight excluding hydrogens is 751 g/mol. The third-order valence-corrected chi connectivity index (χ3v) is 34.3. The summed E-state index contributed by atoms with van der Waals surface area (Å²) in [6, 6.07) is 6.24. The van der Waals surface area contributed by atoms with E-state index < -0.39 is 38.4 Å². The van der Waals surface area contributed by atoms with Gasteiger partial charge in [-0.05, 0) is 0 Å². The summed E-state index contributed by atoms with van der Waals surface area (Å²) in [5, 5.41) is 0. The fraction of sp³-hybridized carbons (Fsp3) is 0.780. The van der Waals surface area contributed by atoms with Gasteiger partial charge in [-0.1, -0.05) is 0 Å². The summed E-state index contributed by atoms with van der Waals surface area (Å²) in [6.07, 6.45) is 7.14. The molecule has 50 heavy (non-hydrogen) atoms. The van der Waals surface area contributed by atoms with Gasteiger partial charge in [-0.25, -0.2) is 0 Å². The van der Waals surface area contributed by atoms with Crippen LogP contribution in [-0.4, -0.2) is 79.9 Å². The third-order valence-electron chi connectivity index (χ3n) is 12.5. The van der Waals surface area contributed by atoms with Gasteiger partial charge in [-0.3, -0.25) is 0 Å². The van der Waals surface area contributed by atoms with E-state index in [0.717, 1.165) is 53.4 Å². The Bertz CT molecular complexity index is 1230. The fourth-order valence-corrected chi connectivity index (χ4v) is 33.1. The fourth-order valence-electron chi connectivity index (χ4n) is 10.2. The van der Waals surface area contributed by atoms with Crippen molar-refractivity contribution in [2.24, 2.45) is 11.8 Å². The summed E-state index contributed by atoms with van der Waals surface area (Å²) in [5.41, 5.74) is 2.22. The maximum atomic E-state index is 15.6. The molecule has 0 spiro atoms. The number of hydrogen-bond donors (Lipinski definition) is 0. The van der Waals surface area contributed by atoms with E-state index >= 15 is 4.79 Å². The summed E-state index contributed by atoms with van der Waals surface area (Å²) >= 11 is -3.37. The number of methoxy groups -OCH3 is 5. The van der Waals surface area contributed by atoms with Gasteiger partial charge >= 0.3 is 312 Å². The molecule has 1 aromatic rings. The van der Waals surface area contributed by atoms with Crippen LogP contribution in [0.25, 0.3) is 0 Å². The minimum atomic E-state index is -3.37. The summed E-state index contributed by atoms with van der Waals surface area (Å²) in [5.74, 6) is 0.105. The first kappa shape index (κ1) is 43.3.